The minimum absolute atomic E-state index is 0.171. The van der Waals surface area contributed by atoms with Crippen LogP contribution in [0.4, 0.5) is 0 Å². The van der Waals surface area contributed by atoms with Gasteiger partial charge in [0, 0.05) is 32.7 Å². The zero-order valence-electron chi connectivity index (χ0n) is 19.2. The summed E-state index contributed by atoms with van der Waals surface area (Å²) in [5, 5.41) is 6.96. The molecule has 0 unspecified atom stereocenters. The lowest BCUT2D eigenvalue weighted by molar-refractivity contribution is 0.301. The van der Waals surface area contributed by atoms with Crippen LogP contribution >= 0.6 is 0 Å². The molecule has 0 amide bonds. The Morgan fingerprint density at radius 2 is 1.87 bits per heavy atom. The summed E-state index contributed by atoms with van der Waals surface area (Å²) in [4.78, 5) is 4.37. The lowest BCUT2D eigenvalue weighted by atomic mass is 9.86. The molecule has 0 radical (unpaired) electrons. The van der Waals surface area contributed by atoms with Gasteiger partial charge < -0.3 is 10.6 Å². The van der Waals surface area contributed by atoms with Crippen LogP contribution in [0.15, 0.2) is 35.3 Å². The first-order valence-electron chi connectivity index (χ1n) is 11.2. The maximum Gasteiger partial charge on any atom is 0.214 e. The molecule has 1 aliphatic heterocycles. The number of hydrogen-bond acceptors (Lipinski definition) is 3. The van der Waals surface area contributed by atoms with E-state index in [1.807, 2.05) is 6.92 Å². The number of aryl methyl sites for hydroxylation is 1. The average molecular weight is 437 g/mol. The standard InChI is InChI=1S/C23H40N4O2S/c1-5-18-30(28,29)27-16-13-21(14-17-27)26-22(24-4)25-19-23(2,3)15-9-12-20-10-7-6-8-11-20/h6-8,10-11,21H,5,9,12-19H2,1-4H3,(H2,24,25,26). The second kappa shape index (κ2) is 11.7. The summed E-state index contributed by atoms with van der Waals surface area (Å²) < 4.78 is 26.1. The third-order valence-electron chi connectivity index (χ3n) is 5.77. The van der Waals surface area contributed by atoms with Crippen LogP contribution in [0, 0.1) is 5.41 Å². The van der Waals surface area contributed by atoms with Crippen LogP contribution in [-0.4, -0.2) is 57.2 Å². The highest BCUT2D eigenvalue weighted by atomic mass is 32.2. The fraction of sp³-hybridized carbons (Fsp3) is 0.696. The molecule has 1 aromatic carbocycles. The van der Waals surface area contributed by atoms with Crippen molar-refractivity contribution in [2.24, 2.45) is 10.4 Å². The molecule has 1 fully saturated rings. The van der Waals surface area contributed by atoms with E-state index in [0.29, 0.717) is 19.5 Å². The highest BCUT2D eigenvalue weighted by Crippen LogP contribution is 2.22. The largest absolute Gasteiger partial charge is 0.356 e. The molecular formula is C23H40N4O2S. The second-order valence-electron chi connectivity index (χ2n) is 9.06. The van der Waals surface area contributed by atoms with E-state index in [4.69, 9.17) is 0 Å². The summed E-state index contributed by atoms with van der Waals surface area (Å²) in [6.07, 6.45) is 5.69. The van der Waals surface area contributed by atoms with Crippen molar-refractivity contribution in [2.45, 2.75) is 65.3 Å². The molecule has 0 bridgehead atoms. The Morgan fingerprint density at radius 3 is 2.47 bits per heavy atom. The van der Waals surface area contributed by atoms with Crippen molar-refractivity contribution < 1.29 is 8.42 Å². The van der Waals surface area contributed by atoms with Crippen molar-refractivity contribution in [2.75, 3.05) is 32.4 Å². The molecule has 0 atom stereocenters. The maximum absolute atomic E-state index is 12.2. The van der Waals surface area contributed by atoms with E-state index in [9.17, 15) is 8.42 Å². The van der Waals surface area contributed by atoms with Gasteiger partial charge in [0.1, 0.15) is 0 Å². The topological polar surface area (TPSA) is 73.8 Å². The number of sulfonamides is 1. The number of benzene rings is 1. The minimum atomic E-state index is -3.09. The highest BCUT2D eigenvalue weighted by molar-refractivity contribution is 7.89. The number of hydrogen-bond donors (Lipinski definition) is 2. The van der Waals surface area contributed by atoms with Gasteiger partial charge in [0.25, 0.3) is 0 Å². The van der Waals surface area contributed by atoms with Crippen molar-refractivity contribution in [1.29, 1.82) is 0 Å². The number of aliphatic imine (C=N–C) groups is 1. The van der Waals surface area contributed by atoms with Crippen LogP contribution in [0.3, 0.4) is 0 Å². The molecule has 6 nitrogen and oxygen atoms in total. The highest BCUT2D eigenvalue weighted by Gasteiger charge is 2.28. The number of nitrogens with one attached hydrogen (secondary N) is 2. The Bertz CT molecular complexity index is 755. The van der Waals surface area contributed by atoms with E-state index in [2.05, 4.69) is 59.8 Å². The molecule has 170 valence electrons. The molecular weight excluding hydrogens is 396 g/mol. The van der Waals surface area contributed by atoms with Crippen molar-refractivity contribution in [3.63, 3.8) is 0 Å². The minimum Gasteiger partial charge on any atom is -0.356 e. The summed E-state index contributed by atoms with van der Waals surface area (Å²) in [5.74, 6) is 1.05. The van der Waals surface area contributed by atoms with Gasteiger partial charge in [0.15, 0.2) is 5.96 Å². The van der Waals surface area contributed by atoms with E-state index < -0.39 is 10.0 Å². The first-order chi connectivity index (χ1) is 14.3. The van der Waals surface area contributed by atoms with E-state index in [0.717, 1.165) is 44.6 Å². The smallest absolute Gasteiger partial charge is 0.214 e. The lowest BCUT2D eigenvalue weighted by Gasteiger charge is -2.33. The van der Waals surface area contributed by atoms with Crippen LogP contribution in [0.5, 0.6) is 0 Å². The van der Waals surface area contributed by atoms with Gasteiger partial charge in [-0.15, -0.1) is 0 Å². The SMILES string of the molecule is CCCS(=O)(=O)N1CCC(NC(=NC)NCC(C)(C)CCCc2ccccc2)CC1. The van der Waals surface area contributed by atoms with Gasteiger partial charge in [-0.1, -0.05) is 51.1 Å². The molecule has 0 saturated carbocycles. The zero-order chi connectivity index (χ0) is 22.0. The third kappa shape index (κ3) is 8.26. The van der Waals surface area contributed by atoms with Crippen molar-refractivity contribution in [3.8, 4) is 0 Å². The molecule has 1 aliphatic rings. The molecule has 7 heteroatoms. The van der Waals surface area contributed by atoms with Gasteiger partial charge in [-0.3, -0.25) is 4.99 Å². The summed E-state index contributed by atoms with van der Waals surface area (Å²) >= 11 is 0. The molecule has 2 rings (SSSR count). The lowest BCUT2D eigenvalue weighted by Crippen LogP contribution is -2.51. The van der Waals surface area contributed by atoms with Crippen LogP contribution in [0.25, 0.3) is 0 Å². The molecule has 0 aliphatic carbocycles. The monoisotopic (exact) mass is 436 g/mol. The zero-order valence-corrected chi connectivity index (χ0v) is 20.0. The third-order valence-corrected chi connectivity index (χ3v) is 7.85. The normalized spacial score (nSPS) is 17.1. The van der Waals surface area contributed by atoms with Crippen molar-refractivity contribution >= 4 is 16.0 Å². The fourth-order valence-corrected chi connectivity index (χ4v) is 5.42. The fourth-order valence-electron chi connectivity index (χ4n) is 3.88. The first kappa shape index (κ1) is 24.7. The van der Waals surface area contributed by atoms with Crippen molar-refractivity contribution in [3.05, 3.63) is 35.9 Å². The molecule has 2 N–H and O–H groups in total. The van der Waals surface area contributed by atoms with Gasteiger partial charge >= 0.3 is 0 Å². The van der Waals surface area contributed by atoms with Gasteiger partial charge in [0.05, 0.1) is 5.75 Å². The van der Waals surface area contributed by atoms with Gasteiger partial charge in [-0.2, -0.15) is 0 Å². The van der Waals surface area contributed by atoms with Gasteiger partial charge in [0.2, 0.25) is 10.0 Å². The number of guanidine groups is 1. The van der Waals surface area contributed by atoms with Gasteiger partial charge in [-0.05, 0) is 49.5 Å². The molecule has 0 aromatic heterocycles. The number of rotatable bonds is 10. The second-order valence-corrected chi connectivity index (χ2v) is 11.2. The number of nitrogens with zero attached hydrogens (tertiary/aromatic N) is 2. The molecule has 1 saturated heterocycles. The maximum atomic E-state index is 12.2. The molecule has 1 heterocycles. The summed E-state index contributed by atoms with van der Waals surface area (Å²) in [6, 6.07) is 10.9. The Morgan fingerprint density at radius 1 is 1.20 bits per heavy atom. The predicted molar refractivity (Wildman–Crippen MR) is 126 cm³/mol. The summed E-state index contributed by atoms with van der Waals surface area (Å²) in [7, 11) is -1.30. The first-order valence-corrected chi connectivity index (χ1v) is 12.9. The number of piperidine rings is 1. The molecule has 1 aromatic rings. The quantitative estimate of drug-likeness (QED) is 0.435. The molecule has 30 heavy (non-hydrogen) atoms. The Kier molecular flexibility index (Phi) is 9.62. The average Bonchev–Trinajstić information content (AvgIpc) is 2.72. The van der Waals surface area contributed by atoms with Crippen molar-refractivity contribution in [1.82, 2.24) is 14.9 Å². The predicted octanol–water partition coefficient (Wildman–Crippen LogP) is 3.40. The Hall–Kier alpha value is -1.60. The van der Waals surface area contributed by atoms with E-state index in [-0.39, 0.29) is 17.2 Å². The van der Waals surface area contributed by atoms with Crippen LogP contribution in [0.1, 0.15) is 58.4 Å². The van der Waals surface area contributed by atoms with E-state index in [1.165, 1.54) is 5.56 Å². The van der Waals surface area contributed by atoms with Crippen LogP contribution in [-0.2, 0) is 16.4 Å². The van der Waals surface area contributed by atoms with Gasteiger partial charge in [-0.25, -0.2) is 12.7 Å². The Balaban J connectivity index is 1.72. The molecule has 0 spiro atoms. The van der Waals surface area contributed by atoms with Crippen LogP contribution < -0.4 is 10.6 Å². The Labute approximate surface area is 183 Å². The summed E-state index contributed by atoms with van der Waals surface area (Å²) in [6.45, 7) is 8.50. The summed E-state index contributed by atoms with van der Waals surface area (Å²) in [5.41, 5.74) is 1.57. The van der Waals surface area contributed by atoms with Crippen LogP contribution in [0.2, 0.25) is 0 Å². The van der Waals surface area contributed by atoms with E-state index in [1.54, 1.807) is 11.4 Å². The van der Waals surface area contributed by atoms with E-state index >= 15 is 0 Å².